The summed E-state index contributed by atoms with van der Waals surface area (Å²) < 4.78 is 25.8. The lowest BCUT2D eigenvalue weighted by molar-refractivity contribution is 0.580. The molecule has 2 rings (SSSR count). The fraction of sp³-hybridized carbons (Fsp3) is 0.231. The van der Waals surface area contributed by atoms with Crippen molar-refractivity contribution in [3.63, 3.8) is 0 Å². The van der Waals surface area contributed by atoms with E-state index < -0.39 is 9.84 Å². The quantitative estimate of drug-likeness (QED) is 0.848. The third-order valence-electron chi connectivity index (χ3n) is 2.69. The lowest BCUT2D eigenvalue weighted by atomic mass is 10.2. The van der Waals surface area contributed by atoms with Crippen LogP contribution in [0.5, 0.6) is 0 Å². The van der Waals surface area contributed by atoms with Gasteiger partial charge in [0.15, 0.2) is 9.84 Å². The molecule has 0 radical (unpaired) electrons. The normalized spacial score (nSPS) is 11.2. The fourth-order valence-electron chi connectivity index (χ4n) is 1.66. The Hall–Kier alpha value is -2.13. The Morgan fingerprint density at radius 1 is 1.32 bits per heavy atom. The zero-order chi connectivity index (χ0) is 13.9. The smallest absolute Gasteiger partial charge is 0.180 e. The number of sulfone groups is 1. The molecule has 0 unspecified atom stereocenters. The minimum absolute atomic E-state index is 0.0139. The van der Waals surface area contributed by atoms with Crippen molar-refractivity contribution in [3.05, 3.63) is 47.8 Å². The molecule has 6 heteroatoms. The van der Waals surface area contributed by atoms with E-state index in [2.05, 4.69) is 5.10 Å². The minimum Gasteiger partial charge on any atom is -0.271 e. The van der Waals surface area contributed by atoms with Crippen LogP contribution in [0.2, 0.25) is 0 Å². The number of aromatic nitrogens is 2. The lowest BCUT2D eigenvalue weighted by Crippen LogP contribution is -2.13. The Morgan fingerprint density at radius 2 is 2.00 bits per heavy atom. The van der Waals surface area contributed by atoms with Crippen LogP contribution in [0, 0.1) is 18.3 Å². The summed E-state index contributed by atoms with van der Waals surface area (Å²) >= 11 is 0. The predicted octanol–water partition coefficient (Wildman–Crippen LogP) is 1.54. The average Bonchev–Trinajstić information content (AvgIpc) is 2.82. The molecular weight excluding hydrogens is 262 g/mol. The maximum atomic E-state index is 12.1. The molecule has 0 aliphatic heterocycles. The van der Waals surface area contributed by atoms with Gasteiger partial charge in [-0.1, -0.05) is 0 Å². The van der Waals surface area contributed by atoms with E-state index in [0.717, 1.165) is 5.56 Å². The summed E-state index contributed by atoms with van der Waals surface area (Å²) in [5, 5.41) is 12.7. The highest BCUT2D eigenvalue weighted by Gasteiger charge is 2.14. The third-order valence-corrected chi connectivity index (χ3v) is 4.40. The zero-order valence-electron chi connectivity index (χ0n) is 10.4. The number of hydrogen-bond acceptors (Lipinski definition) is 4. The molecule has 1 aromatic carbocycles. The maximum Gasteiger partial charge on any atom is 0.180 e. The molecule has 1 aromatic heterocycles. The van der Waals surface area contributed by atoms with Gasteiger partial charge in [0.1, 0.15) is 0 Å². The molecule has 98 valence electrons. The van der Waals surface area contributed by atoms with E-state index in [9.17, 15) is 8.42 Å². The van der Waals surface area contributed by atoms with E-state index in [0.29, 0.717) is 12.1 Å². The summed E-state index contributed by atoms with van der Waals surface area (Å²) in [5.41, 5.74) is 1.44. The Labute approximate surface area is 112 Å². The monoisotopic (exact) mass is 275 g/mol. The second kappa shape index (κ2) is 5.24. The van der Waals surface area contributed by atoms with E-state index in [1.807, 2.05) is 13.0 Å². The number of benzene rings is 1. The van der Waals surface area contributed by atoms with Crippen molar-refractivity contribution >= 4 is 9.84 Å². The molecule has 0 saturated heterocycles. The summed E-state index contributed by atoms with van der Waals surface area (Å²) in [7, 11) is -3.34. The second-order valence-corrected chi connectivity index (χ2v) is 6.34. The van der Waals surface area contributed by atoms with Crippen LogP contribution in [0.15, 0.2) is 41.6 Å². The van der Waals surface area contributed by atoms with Gasteiger partial charge in [0.2, 0.25) is 0 Å². The van der Waals surface area contributed by atoms with E-state index >= 15 is 0 Å². The van der Waals surface area contributed by atoms with Crippen molar-refractivity contribution in [2.24, 2.45) is 0 Å². The van der Waals surface area contributed by atoms with Crippen molar-refractivity contribution in [2.45, 2.75) is 18.4 Å². The number of nitrogens with zero attached hydrogens (tertiary/aromatic N) is 3. The molecule has 0 aliphatic carbocycles. The fourth-order valence-corrected chi connectivity index (χ4v) is 2.87. The Kier molecular flexibility index (Phi) is 3.67. The van der Waals surface area contributed by atoms with Crippen LogP contribution in [0.4, 0.5) is 0 Å². The number of rotatable bonds is 4. The Morgan fingerprint density at radius 3 is 2.53 bits per heavy atom. The molecule has 0 atom stereocenters. The van der Waals surface area contributed by atoms with Crippen molar-refractivity contribution in [1.29, 1.82) is 5.26 Å². The summed E-state index contributed by atoms with van der Waals surface area (Å²) in [6, 6.07) is 7.89. The van der Waals surface area contributed by atoms with Crippen molar-refractivity contribution in [1.82, 2.24) is 9.78 Å². The van der Waals surface area contributed by atoms with Crippen molar-refractivity contribution < 1.29 is 8.42 Å². The first-order valence-electron chi connectivity index (χ1n) is 5.73. The van der Waals surface area contributed by atoms with Gasteiger partial charge < -0.3 is 0 Å². The highest BCUT2D eigenvalue weighted by molar-refractivity contribution is 7.91. The number of aryl methyl sites for hydroxylation is 2. The highest BCUT2D eigenvalue weighted by atomic mass is 32.2. The molecule has 5 nitrogen and oxygen atoms in total. The SMILES string of the molecule is Cc1cnn(CCS(=O)(=O)c2ccc(C#N)cc2)c1. The molecule has 0 aliphatic rings. The molecule has 0 saturated carbocycles. The number of hydrogen-bond donors (Lipinski definition) is 0. The summed E-state index contributed by atoms with van der Waals surface area (Å²) in [4.78, 5) is 0.232. The van der Waals surface area contributed by atoms with Gasteiger partial charge in [0.25, 0.3) is 0 Å². The van der Waals surface area contributed by atoms with Crippen LogP contribution in [0.1, 0.15) is 11.1 Å². The predicted molar refractivity (Wildman–Crippen MR) is 70.2 cm³/mol. The van der Waals surface area contributed by atoms with E-state index in [1.54, 1.807) is 17.1 Å². The second-order valence-electron chi connectivity index (χ2n) is 4.24. The molecule has 0 amide bonds. The van der Waals surface area contributed by atoms with Gasteiger partial charge in [0, 0.05) is 6.20 Å². The van der Waals surface area contributed by atoms with E-state index in [4.69, 9.17) is 5.26 Å². The Bertz CT molecular complexity index is 709. The molecule has 0 fully saturated rings. The first-order valence-corrected chi connectivity index (χ1v) is 7.38. The van der Waals surface area contributed by atoms with Crippen molar-refractivity contribution in [2.75, 3.05) is 5.75 Å². The molecule has 1 heterocycles. The van der Waals surface area contributed by atoms with Gasteiger partial charge in [-0.05, 0) is 36.8 Å². The van der Waals surface area contributed by atoms with E-state index in [-0.39, 0.29) is 10.6 Å². The van der Waals surface area contributed by atoms with Crippen LogP contribution >= 0.6 is 0 Å². The molecule has 2 aromatic rings. The van der Waals surface area contributed by atoms with E-state index in [1.165, 1.54) is 24.3 Å². The largest absolute Gasteiger partial charge is 0.271 e. The van der Waals surface area contributed by atoms with Crippen molar-refractivity contribution in [3.8, 4) is 6.07 Å². The minimum atomic E-state index is -3.34. The summed E-state index contributed by atoms with van der Waals surface area (Å²) in [5.74, 6) is -0.0139. The Balaban J connectivity index is 2.11. The van der Waals surface area contributed by atoms with Gasteiger partial charge >= 0.3 is 0 Å². The molecule has 19 heavy (non-hydrogen) atoms. The number of nitriles is 1. The molecule has 0 spiro atoms. The molecular formula is C13H13N3O2S. The van der Waals surface area contributed by atoms with Crippen LogP contribution in [0.3, 0.4) is 0 Å². The van der Waals surface area contributed by atoms with Crippen LogP contribution in [-0.2, 0) is 16.4 Å². The van der Waals surface area contributed by atoms with Crippen LogP contribution < -0.4 is 0 Å². The first kappa shape index (κ1) is 13.3. The van der Waals surface area contributed by atoms with Gasteiger partial charge in [-0.2, -0.15) is 10.4 Å². The molecule has 0 bridgehead atoms. The lowest BCUT2D eigenvalue weighted by Gasteiger charge is -2.04. The van der Waals surface area contributed by atoms with Gasteiger partial charge in [-0.15, -0.1) is 0 Å². The maximum absolute atomic E-state index is 12.1. The zero-order valence-corrected chi connectivity index (χ0v) is 11.3. The average molecular weight is 275 g/mol. The highest BCUT2D eigenvalue weighted by Crippen LogP contribution is 2.12. The van der Waals surface area contributed by atoms with Crippen LogP contribution in [-0.4, -0.2) is 24.0 Å². The van der Waals surface area contributed by atoms with Crippen LogP contribution in [0.25, 0.3) is 0 Å². The van der Waals surface area contributed by atoms with Gasteiger partial charge in [0.05, 0.1) is 35.0 Å². The topological polar surface area (TPSA) is 75.8 Å². The standard InChI is InChI=1S/C13H13N3O2S/c1-11-9-15-16(10-11)6-7-19(17,18)13-4-2-12(8-14)3-5-13/h2-5,9-10H,6-7H2,1H3. The third kappa shape index (κ3) is 3.20. The molecule has 0 N–H and O–H groups in total. The summed E-state index contributed by atoms with van der Waals surface area (Å²) in [6.45, 7) is 2.22. The van der Waals surface area contributed by atoms with Gasteiger partial charge in [-0.25, -0.2) is 8.42 Å². The first-order chi connectivity index (χ1) is 9.01. The summed E-state index contributed by atoms with van der Waals surface area (Å²) in [6.07, 6.45) is 3.49. The van der Waals surface area contributed by atoms with Gasteiger partial charge in [-0.3, -0.25) is 4.68 Å².